The molecule has 2 aliphatic heterocycles. The quantitative estimate of drug-likeness (QED) is 0.599. The summed E-state index contributed by atoms with van der Waals surface area (Å²) in [5.41, 5.74) is 0.173. The predicted octanol–water partition coefficient (Wildman–Crippen LogP) is 2.03. The van der Waals surface area contributed by atoms with Crippen molar-refractivity contribution in [2.75, 3.05) is 52.9 Å². The number of amides is 1. The number of guanidine groups is 1. The minimum absolute atomic E-state index is 0.00573. The molecule has 2 saturated heterocycles. The second-order valence-corrected chi connectivity index (χ2v) is 8.48. The van der Waals surface area contributed by atoms with Crippen LogP contribution in [0, 0.1) is 11.6 Å². The number of hydrogen-bond acceptors (Lipinski definition) is 3. The number of piperidine rings is 1. The second kappa shape index (κ2) is 9.29. The predicted molar refractivity (Wildman–Crippen MR) is 112 cm³/mol. The van der Waals surface area contributed by atoms with Gasteiger partial charge in [0.05, 0.1) is 6.54 Å². The lowest BCUT2D eigenvalue weighted by Gasteiger charge is -2.37. The van der Waals surface area contributed by atoms with Gasteiger partial charge < -0.3 is 15.1 Å². The zero-order chi connectivity index (χ0) is 21.1. The lowest BCUT2D eigenvalue weighted by atomic mass is 10.1. The Labute approximate surface area is 176 Å². The number of piperazine rings is 1. The summed E-state index contributed by atoms with van der Waals surface area (Å²) < 4.78 is 28.1. The fourth-order valence-corrected chi connectivity index (χ4v) is 4.55. The molecule has 1 aromatic carbocycles. The molecule has 30 heavy (non-hydrogen) atoms. The number of rotatable bonds is 4. The van der Waals surface area contributed by atoms with Crippen molar-refractivity contribution < 1.29 is 13.6 Å². The van der Waals surface area contributed by atoms with Crippen LogP contribution in [-0.2, 0) is 4.79 Å². The van der Waals surface area contributed by atoms with Crippen LogP contribution in [0.5, 0.6) is 0 Å². The van der Waals surface area contributed by atoms with E-state index >= 15 is 0 Å². The van der Waals surface area contributed by atoms with Crippen LogP contribution < -0.4 is 5.32 Å². The average Bonchev–Trinajstić information content (AvgIpc) is 3.52. The molecule has 1 N–H and O–H groups in total. The number of hydrogen-bond donors (Lipinski definition) is 1. The zero-order valence-electron chi connectivity index (χ0n) is 17.6. The molecule has 164 valence electrons. The third-order valence-electron chi connectivity index (χ3n) is 6.43. The minimum atomic E-state index is -0.480. The van der Waals surface area contributed by atoms with Crippen LogP contribution in [-0.4, -0.2) is 85.5 Å². The molecule has 2 atom stereocenters. The number of nitrogens with one attached hydrogen (secondary N) is 1. The van der Waals surface area contributed by atoms with Crippen molar-refractivity contribution in [3.8, 4) is 0 Å². The van der Waals surface area contributed by atoms with Crippen LogP contribution in [0.1, 0.15) is 37.2 Å². The van der Waals surface area contributed by atoms with Gasteiger partial charge in [0.15, 0.2) is 5.96 Å². The van der Waals surface area contributed by atoms with E-state index in [0.29, 0.717) is 13.0 Å². The third-order valence-corrected chi connectivity index (χ3v) is 6.43. The number of likely N-dealkylation sites (tertiary alicyclic amines) is 1. The molecule has 1 amide bonds. The van der Waals surface area contributed by atoms with Crippen LogP contribution in [0.3, 0.4) is 0 Å². The number of carbonyl (C=O) groups is 1. The molecule has 3 aliphatic rings. The molecule has 0 radical (unpaired) electrons. The molecule has 2 heterocycles. The summed E-state index contributed by atoms with van der Waals surface area (Å²) in [4.78, 5) is 23.2. The highest BCUT2D eigenvalue weighted by Crippen LogP contribution is 2.43. The van der Waals surface area contributed by atoms with Gasteiger partial charge in [0.1, 0.15) is 11.6 Å². The van der Waals surface area contributed by atoms with Crippen molar-refractivity contribution in [3.63, 3.8) is 0 Å². The van der Waals surface area contributed by atoms with Gasteiger partial charge in [0, 0.05) is 63.8 Å². The Balaban J connectivity index is 1.25. The molecule has 0 spiro atoms. The van der Waals surface area contributed by atoms with E-state index in [1.807, 2.05) is 4.90 Å². The SMILES string of the molecule is CN=C(NC1CC1c1c(F)cccc1F)N1CCN(CC(=O)N2CCCCC2)CC1. The highest BCUT2D eigenvalue weighted by atomic mass is 19.1. The lowest BCUT2D eigenvalue weighted by Crippen LogP contribution is -2.54. The third kappa shape index (κ3) is 4.74. The highest BCUT2D eigenvalue weighted by Gasteiger charge is 2.43. The summed E-state index contributed by atoms with van der Waals surface area (Å²) in [6, 6.07) is 4.02. The van der Waals surface area contributed by atoms with Crippen LogP contribution in [0.2, 0.25) is 0 Å². The topological polar surface area (TPSA) is 51.2 Å². The molecule has 0 bridgehead atoms. The largest absolute Gasteiger partial charge is 0.353 e. The van der Waals surface area contributed by atoms with Crippen LogP contribution in [0.4, 0.5) is 8.78 Å². The fraction of sp³-hybridized carbons (Fsp3) is 0.636. The van der Waals surface area contributed by atoms with E-state index in [1.165, 1.54) is 24.6 Å². The number of halogens is 2. The Kier molecular flexibility index (Phi) is 6.51. The summed E-state index contributed by atoms with van der Waals surface area (Å²) in [5.74, 6) is -0.122. The molecule has 1 aromatic rings. The number of nitrogens with zero attached hydrogens (tertiary/aromatic N) is 4. The molecule has 6 nitrogen and oxygen atoms in total. The van der Waals surface area contributed by atoms with Gasteiger partial charge in [-0.25, -0.2) is 8.78 Å². The van der Waals surface area contributed by atoms with Gasteiger partial charge in [-0.15, -0.1) is 0 Å². The first-order valence-electron chi connectivity index (χ1n) is 11.0. The van der Waals surface area contributed by atoms with Gasteiger partial charge in [-0.05, 0) is 37.8 Å². The molecule has 2 unspecified atom stereocenters. The van der Waals surface area contributed by atoms with E-state index in [1.54, 1.807) is 7.05 Å². The number of benzene rings is 1. The summed E-state index contributed by atoms with van der Waals surface area (Å²) >= 11 is 0. The minimum Gasteiger partial charge on any atom is -0.353 e. The summed E-state index contributed by atoms with van der Waals surface area (Å²) in [6.07, 6.45) is 4.14. The first-order valence-corrected chi connectivity index (χ1v) is 11.0. The van der Waals surface area contributed by atoms with Gasteiger partial charge in [0.25, 0.3) is 0 Å². The number of carbonyl (C=O) groups excluding carboxylic acids is 1. The van der Waals surface area contributed by atoms with Crippen LogP contribution in [0.15, 0.2) is 23.2 Å². The second-order valence-electron chi connectivity index (χ2n) is 8.48. The van der Waals surface area contributed by atoms with E-state index in [9.17, 15) is 13.6 Å². The Morgan fingerprint density at radius 2 is 1.70 bits per heavy atom. The Hall–Kier alpha value is -2.22. The van der Waals surface area contributed by atoms with Crippen molar-refractivity contribution in [3.05, 3.63) is 35.4 Å². The summed E-state index contributed by atoms with van der Waals surface area (Å²) in [5, 5.41) is 3.37. The molecule has 1 aliphatic carbocycles. The normalized spacial score (nSPS) is 25.4. The van der Waals surface area contributed by atoms with Gasteiger partial charge in [0.2, 0.25) is 5.91 Å². The average molecular weight is 420 g/mol. The van der Waals surface area contributed by atoms with Crippen LogP contribution >= 0.6 is 0 Å². The first-order chi connectivity index (χ1) is 14.6. The molecule has 3 fully saturated rings. The molecule has 8 heteroatoms. The van der Waals surface area contributed by atoms with Crippen molar-refractivity contribution in [2.24, 2.45) is 4.99 Å². The Morgan fingerprint density at radius 1 is 1.03 bits per heavy atom. The zero-order valence-corrected chi connectivity index (χ0v) is 17.6. The van der Waals surface area contributed by atoms with Gasteiger partial charge >= 0.3 is 0 Å². The standard InChI is InChI=1S/C22H31F2N5O/c1-25-22(26-19-14-16(19)21-17(23)6-5-7-18(21)24)29-12-10-27(11-13-29)15-20(30)28-8-3-2-4-9-28/h5-7,16,19H,2-4,8-15H2,1H3,(H,25,26). The lowest BCUT2D eigenvalue weighted by molar-refractivity contribution is -0.133. The van der Waals surface area contributed by atoms with Crippen molar-refractivity contribution in [1.29, 1.82) is 0 Å². The van der Waals surface area contributed by atoms with E-state index in [4.69, 9.17) is 0 Å². The smallest absolute Gasteiger partial charge is 0.236 e. The van der Waals surface area contributed by atoms with Gasteiger partial charge in [-0.3, -0.25) is 14.7 Å². The van der Waals surface area contributed by atoms with Crippen molar-refractivity contribution >= 4 is 11.9 Å². The fourth-order valence-electron chi connectivity index (χ4n) is 4.55. The molecular weight excluding hydrogens is 388 g/mol. The van der Waals surface area contributed by atoms with Crippen molar-refractivity contribution in [1.82, 2.24) is 20.0 Å². The maximum atomic E-state index is 14.0. The molecule has 1 saturated carbocycles. The maximum Gasteiger partial charge on any atom is 0.236 e. The molecule has 0 aromatic heterocycles. The number of aliphatic imine (C=N–C) groups is 1. The monoisotopic (exact) mass is 419 g/mol. The first kappa shape index (κ1) is 21.0. The molecule has 4 rings (SSSR count). The summed E-state index contributed by atoms with van der Waals surface area (Å²) in [6.45, 7) is 5.42. The maximum absolute atomic E-state index is 14.0. The van der Waals surface area contributed by atoms with Crippen molar-refractivity contribution in [2.45, 2.75) is 37.6 Å². The van der Waals surface area contributed by atoms with E-state index < -0.39 is 11.6 Å². The highest BCUT2D eigenvalue weighted by molar-refractivity contribution is 5.81. The van der Waals surface area contributed by atoms with E-state index in [-0.39, 0.29) is 23.4 Å². The Bertz CT molecular complexity index is 767. The van der Waals surface area contributed by atoms with E-state index in [2.05, 4.69) is 20.1 Å². The van der Waals surface area contributed by atoms with Gasteiger partial charge in [-0.1, -0.05) is 6.07 Å². The Morgan fingerprint density at radius 3 is 2.33 bits per heavy atom. The summed E-state index contributed by atoms with van der Waals surface area (Å²) in [7, 11) is 1.73. The van der Waals surface area contributed by atoms with Crippen LogP contribution in [0.25, 0.3) is 0 Å². The van der Waals surface area contributed by atoms with Gasteiger partial charge in [-0.2, -0.15) is 0 Å². The molecular formula is C22H31F2N5O. The van der Waals surface area contributed by atoms with E-state index in [0.717, 1.165) is 58.1 Å².